The van der Waals surface area contributed by atoms with Gasteiger partial charge in [0, 0.05) is 11.4 Å². The second kappa shape index (κ2) is 12.2. The third-order valence-electron chi connectivity index (χ3n) is 5.40. The van der Waals surface area contributed by atoms with Crippen LogP contribution >= 0.6 is 11.8 Å². The monoisotopic (exact) mass is 488 g/mol. The molecule has 0 aliphatic carbocycles. The highest BCUT2D eigenvalue weighted by atomic mass is 32.2. The van der Waals surface area contributed by atoms with Crippen LogP contribution in [0, 0.1) is 0 Å². The summed E-state index contributed by atoms with van der Waals surface area (Å²) in [6.45, 7) is 0.495. The van der Waals surface area contributed by atoms with Gasteiger partial charge in [0.2, 0.25) is 0 Å². The average molecular weight is 489 g/mol. The largest absolute Gasteiger partial charge is 0.489 e. The molecule has 0 aliphatic rings. The molecular weight excluding hydrogens is 460 g/mol. The Morgan fingerprint density at radius 3 is 2.26 bits per heavy atom. The predicted octanol–water partition coefficient (Wildman–Crippen LogP) is 4.74. The number of hydrogen-bond donors (Lipinski definition) is 1. The van der Waals surface area contributed by atoms with Crippen molar-refractivity contribution in [3.63, 3.8) is 0 Å². The average Bonchev–Trinajstić information content (AvgIpc) is 3.33. The molecule has 0 aliphatic heterocycles. The van der Waals surface area contributed by atoms with Crippen LogP contribution in [0.1, 0.15) is 29.4 Å². The summed E-state index contributed by atoms with van der Waals surface area (Å²) in [6, 6.07) is 27.5. The molecule has 0 radical (unpaired) electrons. The van der Waals surface area contributed by atoms with Crippen molar-refractivity contribution in [1.82, 2.24) is 14.8 Å². The zero-order chi connectivity index (χ0) is 24.5. The van der Waals surface area contributed by atoms with Crippen LogP contribution in [-0.2, 0) is 22.6 Å². The SMILES string of the molecule is COC(=O)CCSc1nnc([C@@H](N)Cc2ccccc2)n1-c1ccc(OCc2ccccc2)cc1. The van der Waals surface area contributed by atoms with Gasteiger partial charge in [0.05, 0.1) is 19.6 Å². The molecular formula is C27H28N4O3S. The molecule has 0 amide bonds. The fourth-order valence-corrected chi connectivity index (χ4v) is 4.45. The highest BCUT2D eigenvalue weighted by molar-refractivity contribution is 7.99. The van der Waals surface area contributed by atoms with E-state index in [2.05, 4.69) is 10.2 Å². The van der Waals surface area contributed by atoms with Crippen LogP contribution in [-0.4, -0.2) is 33.6 Å². The van der Waals surface area contributed by atoms with Gasteiger partial charge in [0.15, 0.2) is 11.0 Å². The molecule has 7 nitrogen and oxygen atoms in total. The molecule has 1 heterocycles. The molecule has 0 bridgehead atoms. The summed E-state index contributed by atoms with van der Waals surface area (Å²) in [5.41, 5.74) is 9.69. The first kappa shape index (κ1) is 24.5. The Morgan fingerprint density at radius 1 is 0.943 bits per heavy atom. The van der Waals surface area contributed by atoms with Gasteiger partial charge in [-0.1, -0.05) is 72.4 Å². The standard InChI is InChI=1S/C27H28N4O3S/c1-33-25(32)16-17-35-27-30-29-26(24(28)18-20-8-4-2-5-9-20)31(27)22-12-14-23(15-13-22)34-19-21-10-6-3-7-11-21/h2-15,24H,16-19,28H2,1H3/t24-/m0/s1. The number of thioether (sulfide) groups is 1. The number of nitrogens with zero attached hydrogens (tertiary/aromatic N) is 3. The predicted molar refractivity (Wildman–Crippen MR) is 137 cm³/mol. The summed E-state index contributed by atoms with van der Waals surface area (Å²) in [7, 11) is 1.39. The van der Waals surface area contributed by atoms with Crippen LogP contribution in [0.4, 0.5) is 0 Å². The molecule has 0 unspecified atom stereocenters. The van der Waals surface area contributed by atoms with E-state index in [1.54, 1.807) is 0 Å². The number of rotatable bonds is 11. The van der Waals surface area contributed by atoms with E-state index in [1.165, 1.54) is 18.9 Å². The molecule has 35 heavy (non-hydrogen) atoms. The lowest BCUT2D eigenvalue weighted by Crippen LogP contribution is -2.19. The van der Waals surface area contributed by atoms with E-state index in [-0.39, 0.29) is 18.4 Å². The Hall–Kier alpha value is -3.62. The molecule has 1 atom stereocenters. The first-order valence-corrected chi connectivity index (χ1v) is 12.3. The van der Waals surface area contributed by atoms with E-state index in [1.807, 2.05) is 89.5 Å². The molecule has 0 saturated heterocycles. The third-order valence-corrected chi connectivity index (χ3v) is 6.33. The summed E-state index contributed by atoms with van der Waals surface area (Å²) < 4.78 is 12.6. The summed E-state index contributed by atoms with van der Waals surface area (Å²) in [6.07, 6.45) is 0.912. The number of nitrogens with two attached hydrogens (primary N) is 1. The van der Waals surface area contributed by atoms with E-state index in [0.717, 1.165) is 22.6 Å². The zero-order valence-electron chi connectivity index (χ0n) is 19.5. The molecule has 2 N–H and O–H groups in total. The van der Waals surface area contributed by atoms with E-state index >= 15 is 0 Å². The number of aromatic nitrogens is 3. The van der Waals surface area contributed by atoms with Crippen molar-refractivity contribution in [3.8, 4) is 11.4 Å². The van der Waals surface area contributed by atoms with Gasteiger partial charge in [0.25, 0.3) is 0 Å². The van der Waals surface area contributed by atoms with E-state index in [4.69, 9.17) is 15.2 Å². The number of carbonyl (C=O) groups is 1. The molecule has 0 saturated carbocycles. The minimum atomic E-state index is -0.353. The topological polar surface area (TPSA) is 92.3 Å². The Kier molecular flexibility index (Phi) is 8.53. The van der Waals surface area contributed by atoms with E-state index in [9.17, 15) is 4.79 Å². The maximum absolute atomic E-state index is 11.6. The number of benzene rings is 3. The van der Waals surface area contributed by atoms with Gasteiger partial charge < -0.3 is 15.2 Å². The summed E-state index contributed by atoms with van der Waals surface area (Å²) in [4.78, 5) is 11.6. The van der Waals surface area contributed by atoms with Crippen molar-refractivity contribution >= 4 is 17.7 Å². The lowest BCUT2D eigenvalue weighted by atomic mass is 10.1. The molecule has 4 rings (SSSR count). The van der Waals surface area contributed by atoms with Crippen molar-refractivity contribution in [2.45, 2.75) is 30.6 Å². The number of hydrogen-bond acceptors (Lipinski definition) is 7. The smallest absolute Gasteiger partial charge is 0.306 e. The van der Waals surface area contributed by atoms with Crippen LogP contribution in [0.5, 0.6) is 5.75 Å². The van der Waals surface area contributed by atoms with Gasteiger partial charge in [-0.25, -0.2) is 0 Å². The number of methoxy groups -OCH3 is 1. The second-order valence-electron chi connectivity index (χ2n) is 7.92. The molecule has 0 fully saturated rings. The maximum atomic E-state index is 11.6. The van der Waals surface area contributed by atoms with Gasteiger partial charge in [-0.2, -0.15) is 0 Å². The molecule has 1 aromatic heterocycles. The van der Waals surface area contributed by atoms with Crippen molar-refractivity contribution in [2.24, 2.45) is 5.73 Å². The van der Waals surface area contributed by atoms with Gasteiger partial charge in [-0.05, 0) is 41.8 Å². The fourth-order valence-electron chi connectivity index (χ4n) is 3.58. The van der Waals surface area contributed by atoms with Crippen molar-refractivity contribution < 1.29 is 14.3 Å². The Morgan fingerprint density at radius 2 is 1.60 bits per heavy atom. The van der Waals surface area contributed by atoms with E-state index in [0.29, 0.717) is 29.8 Å². The zero-order valence-corrected chi connectivity index (χ0v) is 20.4. The van der Waals surface area contributed by atoms with Gasteiger partial charge >= 0.3 is 5.97 Å². The first-order chi connectivity index (χ1) is 17.1. The normalized spacial score (nSPS) is 11.7. The fraction of sp³-hybridized carbons (Fsp3) is 0.222. The van der Waals surface area contributed by atoms with Crippen molar-refractivity contribution in [1.29, 1.82) is 0 Å². The summed E-state index contributed by atoms with van der Waals surface area (Å²) in [5, 5.41) is 9.49. The molecule has 4 aromatic rings. The summed E-state index contributed by atoms with van der Waals surface area (Å²) in [5.74, 6) is 1.69. The van der Waals surface area contributed by atoms with Crippen LogP contribution in [0.2, 0.25) is 0 Å². The number of carbonyl (C=O) groups excluding carboxylic acids is 1. The highest BCUT2D eigenvalue weighted by Crippen LogP contribution is 2.27. The van der Waals surface area contributed by atoms with Gasteiger partial charge in [-0.3, -0.25) is 9.36 Å². The Labute approximate surface area is 209 Å². The minimum Gasteiger partial charge on any atom is -0.489 e. The van der Waals surface area contributed by atoms with Crippen LogP contribution < -0.4 is 10.5 Å². The molecule has 0 spiro atoms. The third kappa shape index (κ3) is 6.71. The van der Waals surface area contributed by atoms with Crippen molar-refractivity contribution in [2.75, 3.05) is 12.9 Å². The molecule has 3 aromatic carbocycles. The quantitative estimate of drug-likeness (QED) is 0.241. The van der Waals surface area contributed by atoms with Gasteiger partial charge in [0.1, 0.15) is 12.4 Å². The van der Waals surface area contributed by atoms with Crippen LogP contribution in [0.3, 0.4) is 0 Å². The lowest BCUT2D eigenvalue weighted by molar-refractivity contribution is -0.140. The Bertz CT molecular complexity index is 1210. The van der Waals surface area contributed by atoms with Crippen LogP contribution in [0.25, 0.3) is 5.69 Å². The summed E-state index contributed by atoms with van der Waals surface area (Å²) >= 11 is 1.44. The highest BCUT2D eigenvalue weighted by Gasteiger charge is 2.21. The van der Waals surface area contributed by atoms with Gasteiger partial charge in [-0.15, -0.1) is 10.2 Å². The maximum Gasteiger partial charge on any atom is 0.306 e. The molecule has 180 valence electrons. The first-order valence-electron chi connectivity index (χ1n) is 11.4. The number of esters is 1. The lowest BCUT2D eigenvalue weighted by Gasteiger charge is -2.16. The Balaban J connectivity index is 1.55. The van der Waals surface area contributed by atoms with Crippen LogP contribution in [0.15, 0.2) is 90.1 Å². The van der Waals surface area contributed by atoms with E-state index < -0.39 is 0 Å². The minimum absolute atomic E-state index is 0.260. The molecule has 8 heteroatoms. The second-order valence-corrected chi connectivity index (χ2v) is 8.98. The number of ether oxygens (including phenoxy) is 2. The van der Waals surface area contributed by atoms with Crippen molar-refractivity contribution in [3.05, 3.63) is 102 Å².